The summed E-state index contributed by atoms with van der Waals surface area (Å²) in [5, 5.41) is 13.0. The first-order chi connectivity index (χ1) is 14.6. The van der Waals surface area contributed by atoms with Gasteiger partial charge in [-0.3, -0.25) is 9.59 Å². The molecule has 1 aromatic rings. The van der Waals surface area contributed by atoms with Gasteiger partial charge in [0, 0.05) is 19.0 Å². The fraction of sp³-hybridized carbons (Fsp3) is 0.636. The van der Waals surface area contributed by atoms with Gasteiger partial charge in [-0.05, 0) is 37.3 Å². The van der Waals surface area contributed by atoms with E-state index in [9.17, 15) is 23.1 Å². The highest BCUT2D eigenvalue weighted by Gasteiger charge is 2.44. The molecule has 1 heterocycles. The summed E-state index contributed by atoms with van der Waals surface area (Å²) in [5.41, 5.74) is 0.907. The number of hydrogen-bond acceptors (Lipinski definition) is 6. The molecular formula is C22H32N2O6S. The predicted octanol–water partition coefficient (Wildman–Crippen LogP) is 1.60. The summed E-state index contributed by atoms with van der Waals surface area (Å²) in [4.78, 5) is 25.0. The maximum Gasteiger partial charge on any atom is 0.325 e. The van der Waals surface area contributed by atoms with Crippen LogP contribution in [0.15, 0.2) is 29.2 Å². The number of aryl methyl sites for hydroxylation is 1. The summed E-state index contributed by atoms with van der Waals surface area (Å²) in [6.45, 7) is 5.45. The molecule has 31 heavy (non-hydrogen) atoms. The zero-order valence-electron chi connectivity index (χ0n) is 18.3. The van der Waals surface area contributed by atoms with Crippen LogP contribution in [-0.4, -0.2) is 61.0 Å². The molecule has 2 aliphatic rings. The van der Waals surface area contributed by atoms with Gasteiger partial charge in [-0.2, -0.15) is 4.31 Å². The number of aliphatic hydroxyl groups is 1. The Bertz CT molecular complexity index is 901. The number of esters is 1. The lowest BCUT2D eigenvalue weighted by molar-refractivity contribution is -0.152. The van der Waals surface area contributed by atoms with E-state index in [4.69, 9.17) is 4.74 Å². The van der Waals surface area contributed by atoms with Crippen molar-refractivity contribution in [3.63, 3.8) is 0 Å². The summed E-state index contributed by atoms with van der Waals surface area (Å²) in [7, 11) is -3.99. The summed E-state index contributed by atoms with van der Waals surface area (Å²) < 4.78 is 32.1. The van der Waals surface area contributed by atoms with Gasteiger partial charge in [0.1, 0.15) is 6.04 Å². The first-order valence-corrected chi connectivity index (χ1v) is 12.3. The Morgan fingerprint density at radius 1 is 1.19 bits per heavy atom. The smallest absolute Gasteiger partial charge is 0.325 e. The SMILES string of the molecule is Cc1ccc(S(=O)(=O)N2CC(O)C[C@@H]2C(=O)OCC(=O)NC2CCCC(C)C2C)cc1. The molecule has 1 saturated heterocycles. The number of benzene rings is 1. The first-order valence-electron chi connectivity index (χ1n) is 10.8. The Labute approximate surface area is 184 Å². The van der Waals surface area contributed by atoms with E-state index in [0.29, 0.717) is 11.8 Å². The maximum absolute atomic E-state index is 13.0. The van der Waals surface area contributed by atoms with Gasteiger partial charge < -0.3 is 15.2 Å². The second-order valence-electron chi connectivity index (χ2n) is 8.84. The van der Waals surface area contributed by atoms with Gasteiger partial charge in [0.25, 0.3) is 5.91 Å². The monoisotopic (exact) mass is 452 g/mol. The van der Waals surface area contributed by atoms with Crippen molar-refractivity contribution < 1.29 is 27.9 Å². The van der Waals surface area contributed by atoms with Gasteiger partial charge in [0.2, 0.25) is 10.0 Å². The highest BCUT2D eigenvalue weighted by molar-refractivity contribution is 7.89. The average molecular weight is 453 g/mol. The van der Waals surface area contributed by atoms with Crippen molar-refractivity contribution in [3.05, 3.63) is 29.8 Å². The van der Waals surface area contributed by atoms with Crippen LogP contribution in [0.1, 0.15) is 45.1 Å². The number of sulfonamides is 1. The van der Waals surface area contributed by atoms with Crippen LogP contribution in [0.5, 0.6) is 0 Å². The first kappa shape index (κ1) is 23.7. The van der Waals surface area contributed by atoms with E-state index in [2.05, 4.69) is 19.2 Å². The van der Waals surface area contributed by atoms with Crippen LogP contribution in [-0.2, 0) is 24.3 Å². The van der Waals surface area contributed by atoms with Crippen LogP contribution in [0.2, 0.25) is 0 Å². The van der Waals surface area contributed by atoms with Gasteiger partial charge in [-0.25, -0.2) is 8.42 Å². The van der Waals surface area contributed by atoms with E-state index in [1.54, 1.807) is 12.1 Å². The fourth-order valence-electron chi connectivity index (χ4n) is 4.38. The highest BCUT2D eigenvalue weighted by atomic mass is 32.2. The van der Waals surface area contributed by atoms with E-state index in [-0.39, 0.29) is 23.9 Å². The van der Waals surface area contributed by atoms with Gasteiger partial charge >= 0.3 is 5.97 Å². The van der Waals surface area contributed by atoms with Crippen LogP contribution in [0, 0.1) is 18.8 Å². The lowest BCUT2D eigenvalue weighted by atomic mass is 9.78. The van der Waals surface area contributed by atoms with Crippen LogP contribution in [0.3, 0.4) is 0 Å². The minimum atomic E-state index is -3.99. The Hall–Kier alpha value is -1.97. The van der Waals surface area contributed by atoms with Gasteiger partial charge in [-0.15, -0.1) is 0 Å². The molecule has 0 radical (unpaired) electrons. The number of amides is 1. The minimum absolute atomic E-state index is 0.0432. The van der Waals surface area contributed by atoms with Gasteiger partial charge in [0.15, 0.2) is 6.61 Å². The van der Waals surface area contributed by atoms with Crippen molar-refractivity contribution in [2.45, 2.75) is 69.5 Å². The van der Waals surface area contributed by atoms with Crippen LogP contribution < -0.4 is 5.32 Å². The lowest BCUT2D eigenvalue weighted by Gasteiger charge is -2.34. The third-order valence-corrected chi connectivity index (χ3v) is 8.42. The van der Waals surface area contributed by atoms with Crippen LogP contribution in [0.25, 0.3) is 0 Å². The number of rotatable bonds is 6. The van der Waals surface area contributed by atoms with Crippen molar-refractivity contribution in [1.29, 1.82) is 0 Å². The van der Waals surface area contributed by atoms with Crippen molar-refractivity contribution in [2.24, 2.45) is 11.8 Å². The molecule has 0 bridgehead atoms. The van der Waals surface area contributed by atoms with Gasteiger partial charge in [-0.1, -0.05) is 44.4 Å². The fourth-order valence-corrected chi connectivity index (χ4v) is 6.00. The van der Waals surface area contributed by atoms with Crippen LogP contribution >= 0.6 is 0 Å². The largest absolute Gasteiger partial charge is 0.454 e. The number of nitrogens with one attached hydrogen (secondary N) is 1. The molecule has 0 spiro atoms. The molecule has 172 valence electrons. The number of hydrogen-bond donors (Lipinski definition) is 2. The number of carbonyl (C=O) groups is 2. The Morgan fingerprint density at radius 2 is 1.87 bits per heavy atom. The van der Waals surface area contributed by atoms with E-state index in [0.717, 1.165) is 29.1 Å². The third kappa shape index (κ3) is 5.45. The zero-order chi connectivity index (χ0) is 22.8. The van der Waals surface area contributed by atoms with Crippen LogP contribution in [0.4, 0.5) is 0 Å². The van der Waals surface area contributed by atoms with Crippen molar-refractivity contribution in [2.75, 3.05) is 13.2 Å². The third-order valence-electron chi connectivity index (χ3n) is 6.53. The van der Waals surface area contributed by atoms with E-state index >= 15 is 0 Å². The quantitative estimate of drug-likeness (QED) is 0.634. The second kappa shape index (κ2) is 9.67. The van der Waals surface area contributed by atoms with Crippen molar-refractivity contribution in [3.8, 4) is 0 Å². The minimum Gasteiger partial charge on any atom is -0.454 e. The number of β-amino-alcohol motifs (C(OH)–C–C–N with tert-alkyl or cyclic N) is 1. The molecule has 3 rings (SSSR count). The molecule has 5 atom stereocenters. The van der Waals surface area contributed by atoms with E-state index in [1.165, 1.54) is 12.1 Å². The Morgan fingerprint density at radius 3 is 2.55 bits per heavy atom. The highest BCUT2D eigenvalue weighted by Crippen LogP contribution is 2.30. The molecule has 1 aliphatic carbocycles. The number of ether oxygens (including phenoxy) is 1. The molecular weight excluding hydrogens is 420 g/mol. The van der Waals surface area contributed by atoms with Crippen molar-refractivity contribution >= 4 is 21.9 Å². The predicted molar refractivity (Wildman–Crippen MR) is 115 cm³/mol. The molecule has 9 heteroatoms. The molecule has 2 fully saturated rings. The molecule has 1 aliphatic heterocycles. The summed E-state index contributed by atoms with van der Waals surface area (Å²) in [6.07, 6.45) is 2.03. The second-order valence-corrected chi connectivity index (χ2v) is 10.7. The standard InChI is InChI=1S/C22H32N2O6S/c1-14-7-9-18(10-8-14)31(28,29)24-12-17(25)11-20(24)22(27)30-13-21(26)23-19-6-4-5-15(2)16(19)3/h7-10,15-17,19-20,25H,4-6,11-13H2,1-3H3,(H,23,26)/t15?,16?,17?,19?,20-/m1/s1. The summed E-state index contributed by atoms with van der Waals surface area (Å²) in [6, 6.07) is 5.16. The molecule has 1 amide bonds. The number of aliphatic hydroxyl groups excluding tert-OH is 1. The summed E-state index contributed by atoms with van der Waals surface area (Å²) >= 11 is 0. The Balaban J connectivity index is 1.62. The maximum atomic E-state index is 13.0. The molecule has 8 nitrogen and oxygen atoms in total. The van der Waals surface area contributed by atoms with E-state index < -0.39 is 40.7 Å². The number of nitrogens with zero attached hydrogens (tertiary/aromatic N) is 1. The van der Waals surface area contributed by atoms with Crippen molar-refractivity contribution in [1.82, 2.24) is 9.62 Å². The lowest BCUT2D eigenvalue weighted by Crippen LogP contribution is -2.46. The topological polar surface area (TPSA) is 113 Å². The normalized spacial score (nSPS) is 29.5. The molecule has 4 unspecified atom stereocenters. The molecule has 0 aromatic heterocycles. The average Bonchev–Trinajstić information content (AvgIpc) is 3.13. The zero-order valence-corrected chi connectivity index (χ0v) is 19.1. The van der Waals surface area contributed by atoms with Gasteiger partial charge in [0.05, 0.1) is 11.0 Å². The summed E-state index contributed by atoms with van der Waals surface area (Å²) in [5.74, 6) is -0.367. The molecule has 1 saturated carbocycles. The molecule has 1 aromatic carbocycles. The van der Waals surface area contributed by atoms with E-state index in [1.807, 2.05) is 6.92 Å². The number of carbonyl (C=O) groups excluding carboxylic acids is 2. The molecule has 2 N–H and O–H groups in total. The Kier molecular flexibility index (Phi) is 7.39.